The van der Waals surface area contributed by atoms with Gasteiger partial charge in [-0.15, -0.1) is 0 Å². The predicted octanol–water partition coefficient (Wildman–Crippen LogP) is 2.00. The highest BCUT2D eigenvalue weighted by Crippen LogP contribution is 2.60. The van der Waals surface area contributed by atoms with Gasteiger partial charge < -0.3 is 15.2 Å². The second kappa shape index (κ2) is 5.73. The molecule has 0 spiro atoms. The molecule has 150 valence electrons. The Balaban J connectivity index is 1.49. The lowest BCUT2D eigenvalue weighted by Gasteiger charge is -2.65. The summed E-state index contributed by atoms with van der Waals surface area (Å²) in [4.78, 5) is 14.7. The van der Waals surface area contributed by atoms with Gasteiger partial charge >= 0.3 is 0 Å². The monoisotopic (exact) mass is 382 g/mol. The number of nitrogens with zero attached hydrogens (tertiary/aromatic N) is 1. The van der Waals surface area contributed by atoms with Crippen molar-refractivity contribution in [2.45, 2.75) is 68.0 Å². The minimum atomic E-state index is -0.757. The fraction of sp³-hybridized carbons (Fsp3) is 0.696. The molecule has 3 aliphatic carbocycles. The van der Waals surface area contributed by atoms with Crippen LogP contribution in [0.4, 0.5) is 0 Å². The number of piperidine rings is 1. The topological polar surface area (TPSA) is 61.8 Å². The summed E-state index contributed by atoms with van der Waals surface area (Å²) in [5.41, 5.74) is 1.60. The third kappa shape index (κ3) is 2.23. The molecule has 5 aliphatic rings. The molecular formula is C23H30N2O3. The lowest BCUT2D eigenvalue weighted by atomic mass is 9.47. The van der Waals surface area contributed by atoms with E-state index in [4.69, 9.17) is 4.74 Å². The van der Waals surface area contributed by atoms with Crippen molar-refractivity contribution >= 4 is 5.91 Å². The average molecular weight is 383 g/mol. The summed E-state index contributed by atoms with van der Waals surface area (Å²) in [6.45, 7) is 2.17. The van der Waals surface area contributed by atoms with Crippen LogP contribution in [0.25, 0.3) is 0 Å². The Hall–Kier alpha value is -1.59. The number of methoxy groups -OCH3 is 1. The Bertz CT molecular complexity index is 837. The molecule has 1 aromatic carbocycles. The van der Waals surface area contributed by atoms with Gasteiger partial charge in [-0.25, -0.2) is 0 Å². The molecule has 5 heteroatoms. The van der Waals surface area contributed by atoms with Crippen LogP contribution in [0.3, 0.4) is 0 Å². The third-order valence-electron chi connectivity index (χ3n) is 8.59. The number of nitrogens with one attached hydrogen (secondary N) is 1. The van der Waals surface area contributed by atoms with Crippen molar-refractivity contribution in [3.05, 3.63) is 29.3 Å². The molecular weight excluding hydrogens is 352 g/mol. The molecule has 5 nitrogen and oxygen atoms in total. The van der Waals surface area contributed by atoms with Gasteiger partial charge in [0.25, 0.3) is 0 Å². The summed E-state index contributed by atoms with van der Waals surface area (Å²) >= 11 is 0. The molecule has 2 heterocycles. The van der Waals surface area contributed by atoms with Crippen molar-refractivity contribution in [2.24, 2.45) is 11.8 Å². The van der Waals surface area contributed by atoms with E-state index in [2.05, 4.69) is 28.4 Å². The van der Waals surface area contributed by atoms with Crippen molar-refractivity contribution in [3.63, 3.8) is 0 Å². The average Bonchev–Trinajstić information content (AvgIpc) is 3.42. The number of aliphatic hydroxyl groups is 1. The number of hydrogen-bond acceptors (Lipinski definition) is 4. The number of rotatable bonds is 3. The summed E-state index contributed by atoms with van der Waals surface area (Å²) in [6.07, 6.45) is 6.71. The molecule has 6 rings (SSSR count). The Morgan fingerprint density at radius 1 is 1.29 bits per heavy atom. The lowest BCUT2D eigenvalue weighted by Crippen LogP contribution is -2.75. The summed E-state index contributed by atoms with van der Waals surface area (Å²) in [7, 11) is 1.71. The summed E-state index contributed by atoms with van der Waals surface area (Å²) in [6, 6.07) is 6.80. The number of benzene rings is 1. The second-order valence-electron chi connectivity index (χ2n) is 9.98. The molecule has 4 fully saturated rings. The minimum Gasteiger partial charge on any atom is -0.497 e. The van der Waals surface area contributed by atoms with Crippen LogP contribution in [0.5, 0.6) is 5.75 Å². The van der Waals surface area contributed by atoms with Gasteiger partial charge in [0.15, 0.2) is 0 Å². The molecule has 1 unspecified atom stereocenters. The van der Waals surface area contributed by atoms with E-state index in [-0.39, 0.29) is 29.3 Å². The number of carbonyl (C=O) groups is 1. The SMILES string of the molecule is COc1ccc2c(c1)C13CCN(CC4CC4)[C@H](C2)[C@]1(O)C[C@H]1CC(=O)N[C@H]1C3. The van der Waals surface area contributed by atoms with Gasteiger partial charge in [0.05, 0.1) is 12.7 Å². The van der Waals surface area contributed by atoms with Gasteiger partial charge in [-0.2, -0.15) is 0 Å². The highest BCUT2D eigenvalue weighted by Gasteiger charge is 2.67. The van der Waals surface area contributed by atoms with Gasteiger partial charge in [0, 0.05) is 30.5 Å². The number of ether oxygens (including phenoxy) is 1. The largest absolute Gasteiger partial charge is 0.497 e. The predicted molar refractivity (Wildman–Crippen MR) is 105 cm³/mol. The van der Waals surface area contributed by atoms with E-state index in [9.17, 15) is 9.90 Å². The Kier molecular flexibility index (Phi) is 3.54. The molecule has 1 amide bonds. The Labute approximate surface area is 166 Å². The maximum atomic E-state index is 12.4. The zero-order chi connectivity index (χ0) is 19.1. The van der Waals surface area contributed by atoms with Crippen molar-refractivity contribution in [3.8, 4) is 5.75 Å². The molecule has 2 saturated carbocycles. The van der Waals surface area contributed by atoms with E-state index in [1.165, 1.54) is 24.0 Å². The van der Waals surface area contributed by atoms with Crippen LogP contribution < -0.4 is 10.1 Å². The quantitative estimate of drug-likeness (QED) is 0.840. The molecule has 0 radical (unpaired) electrons. The van der Waals surface area contributed by atoms with Crippen molar-refractivity contribution in [1.29, 1.82) is 0 Å². The molecule has 1 aromatic rings. The molecule has 0 aromatic heterocycles. The van der Waals surface area contributed by atoms with Gasteiger partial charge in [-0.05, 0) is 80.2 Å². The molecule has 2 saturated heterocycles. The fourth-order valence-electron chi connectivity index (χ4n) is 7.05. The highest BCUT2D eigenvalue weighted by molar-refractivity contribution is 5.79. The zero-order valence-corrected chi connectivity index (χ0v) is 16.6. The van der Waals surface area contributed by atoms with Crippen LogP contribution in [-0.4, -0.2) is 53.8 Å². The van der Waals surface area contributed by atoms with E-state index < -0.39 is 5.60 Å². The Morgan fingerprint density at radius 2 is 2.14 bits per heavy atom. The van der Waals surface area contributed by atoms with Gasteiger partial charge in [-0.1, -0.05) is 6.07 Å². The number of likely N-dealkylation sites (tertiary alicyclic amines) is 1. The van der Waals surface area contributed by atoms with Gasteiger partial charge in [0.1, 0.15) is 5.75 Å². The van der Waals surface area contributed by atoms with Gasteiger partial charge in [-0.3, -0.25) is 9.69 Å². The third-order valence-corrected chi connectivity index (χ3v) is 8.59. The zero-order valence-electron chi connectivity index (χ0n) is 16.6. The minimum absolute atomic E-state index is 0.156. The van der Waals surface area contributed by atoms with Crippen LogP contribution in [0, 0.1) is 11.8 Å². The maximum absolute atomic E-state index is 12.4. The summed E-state index contributed by atoms with van der Waals surface area (Å²) < 4.78 is 5.55. The van der Waals surface area contributed by atoms with Crippen LogP contribution in [-0.2, 0) is 16.6 Å². The number of carbonyl (C=O) groups excluding carboxylic acids is 1. The van der Waals surface area contributed by atoms with Crippen molar-refractivity contribution < 1.29 is 14.6 Å². The molecule has 2 bridgehead atoms. The molecule has 5 atom stereocenters. The van der Waals surface area contributed by atoms with Gasteiger partial charge in [0.2, 0.25) is 5.91 Å². The van der Waals surface area contributed by atoms with Crippen LogP contribution in [0.15, 0.2) is 18.2 Å². The first-order valence-corrected chi connectivity index (χ1v) is 11.0. The van der Waals surface area contributed by atoms with E-state index in [1.807, 2.05) is 0 Å². The fourth-order valence-corrected chi connectivity index (χ4v) is 7.05. The molecule has 28 heavy (non-hydrogen) atoms. The first-order valence-electron chi connectivity index (χ1n) is 11.0. The number of hydrogen-bond donors (Lipinski definition) is 2. The first kappa shape index (κ1) is 17.3. The second-order valence-corrected chi connectivity index (χ2v) is 9.98. The maximum Gasteiger partial charge on any atom is 0.220 e. The highest BCUT2D eigenvalue weighted by atomic mass is 16.5. The van der Waals surface area contributed by atoms with Crippen LogP contribution in [0.2, 0.25) is 0 Å². The first-order chi connectivity index (χ1) is 13.5. The normalized spacial score (nSPS) is 41.6. The van der Waals surface area contributed by atoms with Crippen molar-refractivity contribution in [1.82, 2.24) is 10.2 Å². The molecule has 2 N–H and O–H groups in total. The van der Waals surface area contributed by atoms with Crippen LogP contribution in [0.1, 0.15) is 49.7 Å². The lowest BCUT2D eigenvalue weighted by molar-refractivity contribution is -0.179. The van der Waals surface area contributed by atoms with Crippen LogP contribution >= 0.6 is 0 Å². The Morgan fingerprint density at radius 3 is 2.93 bits per heavy atom. The number of fused-ring (bicyclic) bond motifs is 2. The van der Waals surface area contributed by atoms with Crippen molar-refractivity contribution in [2.75, 3.05) is 20.2 Å². The summed E-state index contributed by atoms with van der Waals surface area (Å²) in [5, 5.41) is 15.6. The number of amides is 1. The van der Waals surface area contributed by atoms with E-state index >= 15 is 0 Å². The summed E-state index contributed by atoms with van der Waals surface area (Å²) in [5.74, 6) is 2.11. The molecule has 2 aliphatic heterocycles. The standard InChI is InChI=1S/C23H30N2O3/c1-28-17-5-4-15-8-20-23(27)11-16-9-21(26)24-19(16)12-22(23,18(15)10-17)6-7-25(20)13-14-2-3-14/h4-5,10,14,16,19-20,27H,2-3,6-9,11-13H2,1H3,(H,24,26)/t16-,19+,20-,22?,23-/m1/s1. The van der Waals surface area contributed by atoms with E-state index in [1.54, 1.807) is 7.11 Å². The van der Waals surface area contributed by atoms with E-state index in [0.717, 1.165) is 50.4 Å². The smallest absolute Gasteiger partial charge is 0.220 e. The van der Waals surface area contributed by atoms with E-state index in [0.29, 0.717) is 6.42 Å².